The van der Waals surface area contributed by atoms with E-state index >= 15 is 0 Å². The predicted octanol–water partition coefficient (Wildman–Crippen LogP) is 4.29. The molecule has 0 aliphatic rings. The zero-order valence-corrected chi connectivity index (χ0v) is 18.9. The molecule has 0 unspecified atom stereocenters. The number of fused-ring (bicyclic) bond motifs is 2. The lowest BCUT2D eigenvalue weighted by Gasteiger charge is -2.09. The molecule has 0 spiro atoms. The first-order valence-electron chi connectivity index (χ1n) is 10.9. The fourth-order valence-electron chi connectivity index (χ4n) is 3.77. The van der Waals surface area contributed by atoms with E-state index in [2.05, 4.69) is 25.4 Å². The highest BCUT2D eigenvalue weighted by molar-refractivity contribution is 5.85. The molecule has 172 valence electrons. The summed E-state index contributed by atoms with van der Waals surface area (Å²) in [6.07, 6.45) is 1.70. The number of nitrogens with zero attached hydrogens (tertiary/aromatic N) is 7. The average Bonchev–Trinajstić information content (AvgIpc) is 3.52. The minimum atomic E-state index is 0.193. The van der Waals surface area contributed by atoms with E-state index in [1.807, 2.05) is 60.7 Å². The molecule has 4 aromatic heterocycles. The van der Waals surface area contributed by atoms with Crippen LogP contribution in [0.1, 0.15) is 11.7 Å². The van der Waals surface area contributed by atoms with E-state index < -0.39 is 0 Å². The number of aryl methyl sites for hydroxylation is 1. The number of hydrogen-bond donors (Lipinski definition) is 0. The fraction of sp³-hybridized carbons (Fsp3) is 0.120. The van der Waals surface area contributed by atoms with E-state index in [0.29, 0.717) is 29.0 Å². The van der Waals surface area contributed by atoms with Gasteiger partial charge in [-0.25, -0.2) is 0 Å². The standard InChI is InChI=1S/C25H19N7O3/c1-15-27-30-25(35-15)17-5-3-16(4-6-17)20-9-10-23-28-29-24(32(23)31-20)14-34-22-11-12-26-21-13-18(33-2)7-8-19(21)22/h3-13H,14H2,1-2H3. The minimum Gasteiger partial charge on any atom is -0.497 e. The Morgan fingerprint density at radius 3 is 2.54 bits per heavy atom. The molecule has 4 heterocycles. The topological polar surface area (TPSA) is 113 Å². The van der Waals surface area contributed by atoms with Crippen LogP contribution >= 0.6 is 0 Å². The second-order valence-corrected chi connectivity index (χ2v) is 7.79. The van der Waals surface area contributed by atoms with Crippen molar-refractivity contribution in [2.45, 2.75) is 13.5 Å². The lowest BCUT2D eigenvalue weighted by Crippen LogP contribution is -2.05. The number of hydrogen-bond acceptors (Lipinski definition) is 9. The van der Waals surface area contributed by atoms with Crippen LogP contribution in [-0.2, 0) is 6.61 Å². The fourth-order valence-corrected chi connectivity index (χ4v) is 3.77. The normalized spacial score (nSPS) is 11.3. The monoisotopic (exact) mass is 465 g/mol. The molecule has 10 nitrogen and oxygen atoms in total. The third-order valence-electron chi connectivity index (χ3n) is 5.55. The number of aromatic nitrogens is 7. The number of methoxy groups -OCH3 is 1. The van der Waals surface area contributed by atoms with Crippen molar-refractivity contribution in [1.29, 1.82) is 0 Å². The van der Waals surface area contributed by atoms with Crippen molar-refractivity contribution >= 4 is 16.6 Å². The molecule has 0 fully saturated rings. The molecule has 6 aromatic rings. The second-order valence-electron chi connectivity index (χ2n) is 7.79. The minimum absolute atomic E-state index is 0.193. The maximum absolute atomic E-state index is 6.09. The summed E-state index contributed by atoms with van der Waals surface area (Å²) in [7, 11) is 1.63. The molecule has 0 aliphatic carbocycles. The highest BCUT2D eigenvalue weighted by atomic mass is 16.5. The first-order valence-corrected chi connectivity index (χ1v) is 10.9. The van der Waals surface area contributed by atoms with Crippen LogP contribution < -0.4 is 9.47 Å². The molecular weight excluding hydrogens is 446 g/mol. The van der Waals surface area contributed by atoms with Crippen LogP contribution in [0.15, 0.2) is 71.3 Å². The summed E-state index contributed by atoms with van der Waals surface area (Å²) >= 11 is 0. The molecule has 0 atom stereocenters. The van der Waals surface area contributed by atoms with E-state index in [0.717, 1.165) is 33.5 Å². The number of ether oxygens (including phenoxy) is 2. The van der Waals surface area contributed by atoms with Crippen LogP contribution in [0.5, 0.6) is 11.5 Å². The number of rotatable bonds is 6. The van der Waals surface area contributed by atoms with Gasteiger partial charge >= 0.3 is 0 Å². The summed E-state index contributed by atoms with van der Waals surface area (Å²) in [4.78, 5) is 4.40. The van der Waals surface area contributed by atoms with Gasteiger partial charge in [-0.3, -0.25) is 4.98 Å². The lowest BCUT2D eigenvalue weighted by molar-refractivity contribution is 0.296. The van der Waals surface area contributed by atoms with Crippen molar-refractivity contribution in [2.24, 2.45) is 0 Å². The SMILES string of the molecule is COc1ccc2c(OCc3nnc4ccc(-c5ccc(-c6nnc(C)o6)cc5)nn34)ccnc2c1. The van der Waals surface area contributed by atoms with E-state index in [9.17, 15) is 0 Å². The Labute approximate surface area is 199 Å². The summed E-state index contributed by atoms with van der Waals surface area (Å²) < 4.78 is 18.6. The zero-order valence-electron chi connectivity index (χ0n) is 18.9. The Kier molecular flexibility index (Phi) is 5.03. The average molecular weight is 465 g/mol. The Morgan fingerprint density at radius 2 is 1.74 bits per heavy atom. The molecule has 0 amide bonds. The van der Waals surface area contributed by atoms with Crippen LogP contribution in [-0.4, -0.2) is 42.1 Å². The van der Waals surface area contributed by atoms with Crippen molar-refractivity contribution in [3.05, 3.63) is 78.6 Å². The van der Waals surface area contributed by atoms with Gasteiger partial charge in [0.15, 0.2) is 11.5 Å². The van der Waals surface area contributed by atoms with E-state index in [1.165, 1.54) is 0 Å². The van der Waals surface area contributed by atoms with Gasteiger partial charge in [0.25, 0.3) is 0 Å². The highest BCUT2D eigenvalue weighted by Gasteiger charge is 2.12. The van der Waals surface area contributed by atoms with Gasteiger partial charge in [0, 0.05) is 35.7 Å². The summed E-state index contributed by atoms with van der Waals surface area (Å²) in [5.41, 5.74) is 3.97. The number of pyridine rings is 1. The van der Waals surface area contributed by atoms with Gasteiger partial charge in [-0.05, 0) is 42.5 Å². The predicted molar refractivity (Wildman–Crippen MR) is 127 cm³/mol. The molecule has 0 radical (unpaired) electrons. The molecule has 2 aromatic carbocycles. The Morgan fingerprint density at radius 1 is 0.886 bits per heavy atom. The molecule has 35 heavy (non-hydrogen) atoms. The number of benzene rings is 2. The van der Waals surface area contributed by atoms with Crippen molar-refractivity contribution in [3.63, 3.8) is 0 Å². The molecule has 6 rings (SSSR count). The first kappa shape index (κ1) is 20.7. The van der Waals surface area contributed by atoms with Crippen LogP contribution in [0.2, 0.25) is 0 Å². The van der Waals surface area contributed by atoms with E-state index in [4.69, 9.17) is 19.0 Å². The van der Waals surface area contributed by atoms with Crippen LogP contribution in [0.25, 0.3) is 39.3 Å². The van der Waals surface area contributed by atoms with Crippen LogP contribution in [0, 0.1) is 6.92 Å². The quantitative estimate of drug-likeness (QED) is 0.355. The van der Waals surface area contributed by atoms with E-state index in [-0.39, 0.29) is 6.61 Å². The third-order valence-corrected chi connectivity index (χ3v) is 5.55. The van der Waals surface area contributed by atoms with Crippen molar-refractivity contribution in [1.82, 2.24) is 35.0 Å². The van der Waals surface area contributed by atoms with Gasteiger partial charge in [-0.15, -0.1) is 20.4 Å². The zero-order chi connectivity index (χ0) is 23.8. The molecule has 0 bridgehead atoms. The van der Waals surface area contributed by atoms with Crippen LogP contribution in [0.3, 0.4) is 0 Å². The first-order chi connectivity index (χ1) is 17.2. The summed E-state index contributed by atoms with van der Waals surface area (Å²) in [5, 5.41) is 22.1. The van der Waals surface area contributed by atoms with Gasteiger partial charge in [-0.2, -0.15) is 9.61 Å². The maximum atomic E-state index is 6.09. The molecule has 0 saturated heterocycles. The van der Waals surface area contributed by atoms with Gasteiger partial charge in [0.2, 0.25) is 11.8 Å². The van der Waals surface area contributed by atoms with Gasteiger partial charge < -0.3 is 13.9 Å². The van der Waals surface area contributed by atoms with Gasteiger partial charge in [0.1, 0.15) is 18.1 Å². The summed E-state index contributed by atoms with van der Waals surface area (Å²) in [6.45, 7) is 1.96. The smallest absolute Gasteiger partial charge is 0.247 e. The van der Waals surface area contributed by atoms with Gasteiger partial charge in [-0.1, -0.05) is 12.1 Å². The molecule has 0 aliphatic heterocycles. The summed E-state index contributed by atoms with van der Waals surface area (Å²) in [5.74, 6) is 3.02. The lowest BCUT2D eigenvalue weighted by atomic mass is 10.1. The van der Waals surface area contributed by atoms with Gasteiger partial charge in [0.05, 0.1) is 18.3 Å². The largest absolute Gasteiger partial charge is 0.497 e. The Bertz CT molecular complexity index is 1660. The summed E-state index contributed by atoms with van der Waals surface area (Å²) in [6, 6.07) is 19.0. The highest BCUT2D eigenvalue weighted by Crippen LogP contribution is 2.28. The third kappa shape index (κ3) is 3.90. The van der Waals surface area contributed by atoms with Crippen molar-refractivity contribution < 1.29 is 13.9 Å². The van der Waals surface area contributed by atoms with Crippen molar-refractivity contribution in [3.8, 4) is 34.2 Å². The molecule has 0 saturated carbocycles. The Hall–Kier alpha value is -4.86. The second kappa shape index (κ2) is 8.49. The molecule has 0 N–H and O–H groups in total. The van der Waals surface area contributed by atoms with Crippen LogP contribution in [0.4, 0.5) is 0 Å². The maximum Gasteiger partial charge on any atom is 0.247 e. The molecule has 10 heteroatoms. The van der Waals surface area contributed by atoms with E-state index in [1.54, 1.807) is 24.7 Å². The Balaban J connectivity index is 1.27. The molecular formula is C25H19N7O3. The van der Waals surface area contributed by atoms with Crippen molar-refractivity contribution in [2.75, 3.05) is 7.11 Å².